The molecule has 2 aromatic rings. The number of hydrogen-bond donors (Lipinski definition) is 2. The molecular formula is C16H15BrN4O2. The van der Waals surface area contributed by atoms with E-state index in [-0.39, 0.29) is 18.2 Å². The maximum atomic E-state index is 11.9. The third-order valence-corrected chi connectivity index (χ3v) is 3.33. The molecule has 1 aromatic carbocycles. The first-order chi connectivity index (χ1) is 11.0. The predicted molar refractivity (Wildman–Crippen MR) is 92.2 cm³/mol. The summed E-state index contributed by atoms with van der Waals surface area (Å²) in [6.45, 7) is 1.67. The summed E-state index contributed by atoms with van der Waals surface area (Å²) < 4.78 is 0.889. The Kier molecular flexibility index (Phi) is 5.99. The summed E-state index contributed by atoms with van der Waals surface area (Å²) in [5, 5.41) is 6.58. The van der Waals surface area contributed by atoms with Crippen LogP contribution in [0, 0.1) is 0 Å². The van der Waals surface area contributed by atoms with Crippen molar-refractivity contribution in [3.05, 3.63) is 58.7 Å². The standard InChI is InChI=1S/C16H15BrN4O2/c1-11(10-15(22)19-14-4-2-3-9-18-14)20-21-16(23)12-5-7-13(17)8-6-12/h2-9H,10H2,1H3,(H,21,23)(H,18,19,22)/b20-11+. The largest absolute Gasteiger partial charge is 0.310 e. The van der Waals surface area contributed by atoms with Crippen molar-refractivity contribution in [1.29, 1.82) is 0 Å². The lowest BCUT2D eigenvalue weighted by Gasteiger charge is -2.04. The summed E-state index contributed by atoms with van der Waals surface area (Å²) in [5.74, 6) is -0.103. The lowest BCUT2D eigenvalue weighted by Crippen LogP contribution is -2.21. The highest BCUT2D eigenvalue weighted by atomic mass is 79.9. The Morgan fingerprint density at radius 3 is 2.57 bits per heavy atom. The van der Waals surface area contributed by atoms with Crippen LogP contribution in [0.4, 0.5) is 5.82 Å². The van der Waals surface area contributed by atoms with Crippen molar-refractivity contribution in [2.45, 2.75) is 13.3 Å². The number of pyridine rings is 1. The van der Waals surface area contributed by atoms with Crippen molar-refractivity contribution < 1.29 is 9.59 Å². The minimum atomic E-state index is -0.331. The Morgan fingerprint density at radius 2 is 1.91 bits per heavy atom. The van der Waals surface area contributed by atoms with E-state index >= 15 is 0 Å². The van der Waals surface area contributed by atoms with Crippen molar-refractivity contribution in [2.75, 3.05) is 5.32 Å². The van der Waals surface area contributed by atoms with Crippen molar-refractivity contribution in [2.24, 2.45) is 5.10 Å². The molecule has 0 bridgehead atoms. The van der Waals surface area contributed by atoms with E-state index in [0.717, 1.165) is 4.47 Å². The van der Waals surface area contributed by atoms with Crippen LogP contribution in [0.3, 0.4) is 0 Å². The molecule has 118 valence electrons. The maximum absolute atomic E-state index is 11.9. The molecule has 0 atom stereocenters. The molecule has 23 heavy (non-hydrogen) atoms. The van der Waals surface area contributed by atoms with Gasteiger partial charge in [0.05, 0.1) is 6.42 Å². The van der Waals surface area contributed by atoms with Crippen LogP contribution in [0.15, 0.2) is 58.2 Å². The Labute approximate surface area is 142 Å². The molecule has 2 amide bonds. The molecule has 0 spiro atoms. The van der Waals surface area contributed by atoms with E-state index in [9.17, 15) is 9.59 Å². The first-order valence-electron chi connectivity index (χ1n) is 6.84. The molecule has 2 rings (SSSR count). The second-order valence-corrected chi connectivity index (χ2v) is 5.65. The molecule has 7 heteroatoms. The van der Waals surface area contributed by atoms with E-state index < -0.39 is 0 Å². The zero-order valence-corrected chi connectivity index (χ0v) is 14.0. The molecule has 0 aliphatic carbocycles. The number of hydrogen-bond acceptors (Lipinski definition) is 4. The number of hydrazone groups is 1. The fourth-order valence-electron chi connectivity index (χ4n) is 1.71. The van der Waals surface area contributed by atoms with E-state index in [1.54, 1.807) is 55.6 Å². The van der Waals surface area contributed by atoms with E-state index in [1.807, 2.05) is 0 Å². The number of benzene rings is 1. The minimum Gasteiger partial charge on any atom is -0.310 e. The molecule has 0 saturated carbocycles. The van der Waals surface area contributed by atoms with Crippen LogP contribution >= 0.6 is 15.9 Å². The highest BCUT2D eigenvalue weighted by Crippen LogP contribution is 2.10. The molecule has 6 nitrogen and oxygen atoms in total. The quantitative estimate of drug-likeness (QED) is 0.623. The number of carbonyl (C=O) groups excluding carboxylic acids is 2. The van der Waals surface area contributed by atoms with Gasteiger partial charge in [0.25, 0.3) is 5.91 Å². The van der Waals surface area contributed by atoms with Gasteiger partial charge in [-0.05, 0) is 43.3 Å². The van der Waals surface area contributed by atoms with E-state index in [2.05, 4.69) is 36.8 Å². The fraction of sp³-hybridized carbons (Fsp3) is 0.125. The van der Waals surface area contributed by atoms with Gasteiger partial charge in [-0.15, -0.1) is 0 Å². The molecule has 0 unspecified atom stereocenters. The summed E-state index contributed by atoms with van der Waals surface area (Å²) >= 11 is 3.30. The number of rotatable bonds is 5. The number of halogens is 1. The van der Waals surface area contributed by atoms with Gasteiger partial charge in [-0.3, -0.25) is 9.59 Å². The van der Waals surface area contributed by atoms with Crippen molar-refractivity contribution in [3.63, 3.8) is 0 Å². The molecule has 2 N–H and O–H groups in total. The molecule has 1 aromatic heterocycles. The zero-order valence-electron chi connectivity index (χ0n) is 12.4. The monoisotopic (exact) mass is 374 g/mol. The van der Waals surface area contributed by atoms with Gasteiger partial charge in [-0.2, -0.15) is 5.10 Å². The van der Waals surface area contributed by atoms with Crippen LogP contribution in [-0.4, -0.2) is 22.5 Å². The number of nitrogens with one attached hydrogen (secondary N) is 2. The smallest absolute Gasteiger partial charge is 0.271 e. The van der Waals surface area contributed by atoms with Crippen LogP contribution in [0.2, 0.25) is 0 Å². The second kappa shape index (κ2) is 8.19. The number of carbonyl (C=O) groups is 2. The normalized spacial score (nSPS) is 11.0. The molecule has 0 aliphatic rings. The third kappa shape index (κ3) is 5.63. The zero-order chi connectivity index (χ0) is 16.7. The number of amides is 2. The molecular weight excluding hydrogens is 360 g/mol. The van der Waals surface area contributed by atoms with Crippen LogP contribution < -0.4 is 10.7 Å². The summed E-state index contributed by atoms with van der Waals surface area (Å²) in [7, 11) is 0. The molecule has 1 heterocycles. The maximum Gasteiger partial charge on any atom is 0.271 e. The average molecular weight is 375 g/mol. The van der Waals surface area contributed by atoms with Gasteiger partial charge in [-0.1, -0.05) is 22.0 Å². The van der Waals surface area contributed by atoms with E-state index in [4.69, 9.17) is 0 Å². The van der Waals surface area contributed by atoms with Gasteiger partial charge in [0.15, 0.2) is 0 Å². The lowest BCUT2D eigenvalue weighted by atomic mass is 10.2. The summed E-state index contributed by atoms with van der Waals surface area (Å²) in [4.78, 5) is 27.7. The van der Waals surface area contributed by atoms with E-state index in [0.29, 0.717) is 17.1 Å². The lowest BCUT2D eigenvalue weighted by molar-refractivity contribution is -0.115. The van der Waals surface area contributed by atoms with Gasteiger partial charge < -0.3 is 5.32 Å². The van der Waals surface area contributed by atoms with Gasteiger partial charge in [0.2, 0.25) is 5.91 Å². The fourth-order valence-corrected chi connectivity index (χ4v) is 1.97. The van der Waals surface area contributed by atoms with Gasteiger partial charge in [-0.25, -0.2) is 10.4 Å². The van der Waals surface area contributed by atoms with Crippen molar-refractivity contribution in [3.8, 4) is 0 Å². The van der Waals surface area contributed by atoms with Crippen LogP contribution in [0.5, 0.6) is 0 Å². The van der Waals surface area contributed by atoms with Gasteiger partial charge >= 0.3 is 0 Å². The predicted octanol–water partition coefficient (Wildman–Crippen LogP) is 2.98. The molecule has 0 radical (unpaired) electrons. The molecule has 0 saturated heterocycles. The van der Waals surface area contributed by atoms with Gasteiger partial charge in [0, 0.05) is 21.9 Å². The Morgan fingerprint density at radius 1 is 1.17 bits per heavy atom. The van der Waals surface area contributed by atoms with Crippen molar-refractivity contribution >= 4 is 39.3 Å². The van der Waals surface area contributed by atoms with Crippen LogP contribution in [0.25, 0.3) is 0 Å². The SMILES string of the molecule is C/C(CC(=O)Nc1ccccn1)=N\NC(=O)c1ccc(Br)cc1. The Bertz CT molecular complexity index is 715. The highest BCUT2D eigenvalue weighted by molar-refractivity contribution is 9.10. The summed E-state index contributed by atoms with van der Waals surface area (Å²) in [6.07, 6.45) is 1.66. The summed E-state index contributed by atoms with van der Waals surface area (Å²) in [6, 6.07) is 12.1. The first-order valence-corrected chi connectivity index (χ1v) is 7.64. The number of nitrogens with zero attached hydrogens (tertiary/aromatic N) is 2. The summed E-state index contributed by atoms with van der Waals surface area (Å²) in [5.41, 5.74) is 3.40. The van der Waals surface area contributed by atoms with Gasteiger partial charge in [0.1, 0.15) is 5.82 Å². The second-order valence-electron chi connectivity index (χ2n) is 4.73. The number of aromatic nitrogens is 1. The molecule has 0 fully saturated rings. The molecule has 0 aliphatic heterocycles. The highest BCUT2D eigenvalue weighted by Gasteiger charge is 2.07. The third-order valence-electron chi connectivity index (χ3n) is 2.80. The van der Waals surface area contributed by atoms with Crippen LogP contribution in [0.1, 0.15) is 23.7 Å². The number of anilines is 1. The Hall–Kier alpha value is -2.54. The van der Waals surface area contributed by atoms with E-state index in [1.165, 1.54) is 0 Å². The Balaban J connectivity index is 1.86. The first kappa shape index (κ1) is 16.8. The van der Waals surface area contributed by atoms with Crippen molar-refractivity contribution in [1.82, 2.24) is 10.4 Å². The van der Waals surface area contributed by atoms with Crippen LogP contribution in [-0.2, 0) is 4.79 Å². The topological polar surface area (TPSA) is 83.4 Å². The average Bonchev–Trinajstić information content (AvgIpc) is 2.54. The minimum absolute atomic E-state index is 0.0667.